The molecule has 1 aliphatic rings. The van der Waals surface area contributed by atoms with E-state index in [2.05, 4.69) is 6.07 Å². The number of para-hydroxylation sites is 2. The summed E-state index contributed by atoms with van der Waals surface area (Å²) in [6.45, 7) is 4.96. The number of carbonyl (C=O) groups is 1. The summed E-state index contributed by atoms with van der Waals surface area (Å²) in [6, 6.07) is 11.3. The number of ether oxygens (including phenoxy) is 3. The van der Waals surface area contributed by atoms with E-state index in [0.717, 1.165) is 22.6 Å². The number of methoxy groups -OCH3 is 1. The van der Waals surface area contributed by atoms with Gasteiger partial charge in [-0.3, -0.25) is 4.79 Å². The first-order chi connectivity index (χ1) is 11.6. The van der Waals surface area contributed by atoms with Crippen molar-refractivity contribution in [1.82, 2.24) is 0 Å². The number of hydrogen-bond donors (Lipinski definition) is 0. The number of benzene rings is 2. The largest absolute Gasteiger partial charge is 0.493 e. The highest BCUT2D eigenvalue weighted by molar-refractivity contribution is 5.97. The quantitative estimate of drug-likeness (QED) is 0.866. The first-order valence-corrected chi connectivity index (χ1v) is 7.90. The van der Waals surface area contributed by atoms with E-state index >= 15 is 0 Å². The second-order valence-electron chi connectivity index (χ2n) is 5.76. The molecular formula is C19H21NO4. The predicted octanol–water partition coefficient (Wildman–Crippen LogP) is 3.12. The third-order valence-electron chi connectivity index (χ3n) is 3.97. The number of nitrogens with zero attached hydrogens (tertiary/aromatic N) is 1. The van der Waals surface area contributed by atoms with Crippen molar-refractivity contribution in [2.75, 3.05) is 31.8 Å². The fourth-order valence-corrected chi connectivity index (χ4v) is 2.94. The summed E-state index contributed by atoms with van der Waals surface area (Å²) in [5.74, 6) is 1.82. The zero-order valence-corrected chi connectivity index (χ0v) is 14.2. The van der Waals surface area contributed by atoms with Gasteiger partial charge in [0.1, 0.15) is 12.4 Å². The van der Waals surface area contributed by atoms with Gasteiger partial charge in [0, 0.05) is 0 Å². The Hall–Kier alpha value is -2.69. The van der Waals surface area contributed by atoms with Gasteiger partial charge in [-0.15, -0.1) is 0 Å². The third kappa shape index (κ3) is 3.15. The molecule has 0 saturated heterocycles. The molecule has 0 unspecified atom stereocenters. The van der Waals surface area contributed by atoms with Gasteiger partial charge in [-0.05, 0) is 43.2 Å². The van der Waals surface area contributed by atoms with Gasteiger partial charge in [-0.2, -0.15) is 0 Å². The zero-order chi connectivity index (χ0) is 17.1. The van der Waals surface area contributed by atoms with Crippen molar-refractivity contribution in [1.29, 1.82) is 0 Å². The van der Waals surface area contributed by atoms with Crippen LogP contribution >= 0.6 is 0 Å². The Kier molecular flexibility index (Phi) is 4.60. The fraction of sp³-hybridized carbons (Fsp3) is 0.316. The first kappa shape index (κ1) is 16.2. The summed E-state index contributed by atoms with van der Waals surface area (Å²) in [5.41, 5.74) is 2.97. The van der Waals surface area contributed by atoms with Crippen LogP contribution in [0.5, 0.6) is 17.2 Å². The maximum Gasteiger partial charge on any atom is 0.265 e. The highest BCUT2D eigenvalue weighted by Gasteiger charge is 2.26. The third-order valence-corrected chi connectivity index (χ3v) is 3.97. The molecule has 1 heterocycles. The van der Waals surface area contributed by atoms with Gasteiger partial charge in [0.15, 0.2) is 18.1 Å². The van der Waals surface area contributed by atoms with Crippen molar-refractivity contribution in [2.45, 2.75) is 13.8 Å². The van der Waals surface area contributed by atoms with Crippen LogP contribution in [0.4, 0.5) is 5.69 Å². The lowest BCUT2D eigenvalue weighted by molar-refractivity contribution is -0.120. The minimum absolute atomic E-state index is 0.0485. The number of aryl methyl sites for hydroxylation is 2. The molecule has 5 nitrogen and oxygen atoms in total. The average molecular weight is 327 g/mol. The fourth-order valence-electron chi connectivity index (χ4n) is 2.94. The molecule has 1 aliphatic heterocycles. The summed E-state index contributed by atoms with van der Waals surface area (Å²) in [5, 5.41) is 0. The van der Waals surface area contributed by atoms with E-state index in [1.54, 1.807) is 24.1 Å². The predicted molar refractivity (Wildman–Crippen MR) is 92.3 cm³/mol. The normalized spacial score (nSPS) is 13.0. The van der Waals surface area contributed by atoms with Gasteiger partial charge >= 0.3 is 0 Å². The minimum atomic E-state index is -0.0996. The van der Waals surface area contributed by atoms with E-state index in [1.807, 2.05) is 32.0 Å². The number of hydrogen-bond acceptors (Lipinski definition) is 4. The molecule has 0 aromatic heterocycles. The number of carbonyl (C=O) groups excluding carboxylic acids is 1. The van der Waals surface area contributed by atoms with Crippen LogP contribution < -0.4 is 19.1 Å². The van der Waals surface area contributed by atoms with Gasteiger partial charge in [-0.25, -0.2) is 0 Å². The molecule has 1 amide bonds. The van der Waals surface area contributed by atoms with Gasteiger partial charge in [-0.1, -0.05) is 18.2 Å². The highest BCUT2D eigenvalue weighted by Crippen LogP contribution is 2.36. The second-order valence-corrected chi connectivity index (χ2v) is 5.76. The Morgan fingerprint density at radius 1 is 1.21 bits per heavy atom. The van der Waals surface area contributed by atoms with Crippen LogP contribution in [0.1, 0.15) is 11.1 Å². The van der Waals surface area contributed by atoms with Gasteiger partial charge < -0.3 is 19.1 Å². The molecular weight excluding hydrogens is 306 g/mol. The van der Waals surface area contributed by atoms with Crippen molar-refractivity contribution < 1.29 is 19.0 Å². The summed E-state index contributed by atoms with van der Waals surface area (Å²) < 4.78 is 16.6. The molecule has 2 aromatic rings. The van der Waals surface area contributed by atoms with Crippen molar-refractivity contribution >= 4 is 11.6 Å². The monoisotopic (exact) mass is 327 g/mol. The number of anilines is 1. The Balaban J connectivity index is 1.78. The number of fused-ring (bicyclic) bond motifs is 1. The maximum absolute atomic E-state index is 12.7. The van der Waals surface area contributed by atoms with Gasteiger partial charge in [0.25, 0.3) is 5.91 Å². The van der Waals surface area contributed by atoms with Crippen LogP contribution in [-0.4, -0.2) is 32.8 Å². The van der Waals surface area contributed by atoms with Crippen LogP contribution in [0, 0.1) is 13.8 Å². The lowest BCUT2D eigenvalue weighted by Gasteiger charge is -2.31. The average Bonchev–Trinajstić information content (AvgIpc) is 2.59. The minimum Gasteiger partial charge on any atom is -0.493 e. The molecule has 0 spiro atoms. The van der Waals surface area contributed by atoms with E-state index < -0.39 is 0 Å². The molecule has 0 bridgehead atoms. The molecule has 0 radical (unpaired) electrons. The van der Waals surface area contributed by atoms with E-state index in [9.17, 15) is 4.79 Å². The maximum atomic E-state index is 12.7. The molecule has 0 N–H and O–H groups in total. The molecule has 0 fully saturated rings. The Bertz CT molecular complexity index is 757. The molecule has 3 rings (SSSR count). The number of rotatable bonds is 4. The van der Waals surface area contributed by atoms with E-state index in [1.165, 1.54) is 0 Å². The summed E-state index contributed by atoms with van der Waals surface area (Å²) in [4.78, 5) is 14.4. The molecule has 126 valence electrons. The van der Waals surface area contributed by atoms with Crippen LogP contribution in [0.2, 0.25) is 0 Å². The van der Waals surface area contributed by atoms with Crippen molar-refractivity contribution in [3.63, 3.8) is 0 Å². The summed E-state index contributed by atoms with van der Waals surface area (Å²) in [6.07, 6.45) is 0. The molecule has 24 heavy (non-hydrogen) atoms. The Morgan fingerprint density at radius 2 is 1.96 bits per heavy atom. The molecule has 0 atom stereocenters. The zero-order valence-electron chi connectivity index (χ0n) is 14.2. The van der Waals surface area contributed by atoms with Crippen molar-refractivity contribution in [3.05, 3.63) is 47.5 Å². The molecule has 0 saturated carbocycles. The van der Waals surface area contributed by atoms with Crippen LogP contribution in [-0.2, 0) is 4.79 Å². The van der Waals surface area contributed by atoms with Crippen molar-refractivity contribution in [2.24, 2.45) is 0 Å². The Labute approximate surface area is 141 Å². The molecule has 2 aromatic carbocycles. The molecule has 0 aliphatic carbocycles. The van der Waals surface area contributed by atoms with Crippen LogP contribution in [0.25, 0.3) is 0 Å². The van der Waals surface area contributed by atoms with Crippen LogP contribution in [0.3, 0.4) is 0 Å². The smallest absolute Gasteiger partial charge is 0.265 e. The van der Waals surface area contributed by atoms with Gasteiger partial charge in [0.2, 0.25) is 0 Å². The van der Waals surface area contributed by atoms with Gasteiger partial charge in [0.05, 0.1) is 19.3 Å². The number of amides is 1. The standard InChI is InChI=1S/C19H21NO4/c1-13-10-14(2)19-17(11-13)23-9-8-20(19)18(21)12-24-16-7-5-4-6-15(16)22-3/h4-7,10-11H,8-9,12H2,1-3H3. The van der Waals surface area contributed by atoms with E-state index in [0.29, 0.717) is 24.7 Å². The lowest BCUT2D eigenvalue weighted by Crippen LogP contribution is -2.41. The molecule has 5 heteroatoms. The summed E-state index contributed by atoms with van der Waals surface area (Å²) in [7, 11) is 1.58. The lowest BCUT2D eigenvalue weighted by atomic mass is 10.1. The van der Waals surface area contributed by atoms with Crippen molar-refractivity contribution in [3.8, 4) is 17.2 Å². The Morgan fingerprint density at radius 3 is 2.71 bits per heavy atom. The SMILES string of the molecule is COc1ccccc1OCC(=O)N1CCOc2cc(C)cc(C)c21. The van der Waals surface area contributed by atoms with E-state index in [4.69, 9.17) is 14.2 Å². The topological polar surface area (TPSA) is 48.0 Å². The highest BCUT2D eigenvalue weighted by atomic mass is 16.5. The van der Waals surface area contributed by atoms with Crippen LogP contribution in [0.15, 0.2) is 36.4 Å². The first-order valence-electron chi connectivity index (χ1n) is 7.90. The second kappa shape index (κ2) is 6.83. The summed E-state index contributed by atoms with van der Waals surface area (Å²) >= 11 is 0. The van der Waals surface area contributed by atoms with E-state index in [-0.39, 0.29) is 12.5 Å².